The summed E-state index contributed by atoms with van der Waals surface area (Å²) in [7, 11) is -2.67. The van der Waals surface area contributed by atoms with Crippen molar-refractivity contribution in [3.63, 3.8) is 0 Å². The fraction of sp³-hybridized carbons (Fsp3) is 0.905. The number of ether oxygens (including phenoxy) is 1. The Labute approximate surface area is 183 Å². The summed E-state index contributed by atoms with van der Waals surface area (Å²) in [5, 5.41) is 0.0565. The van der Waals surface area contributed by atoms with Crippen molar-refractivity contribution in [2.75, 3.05) is 25.6 Å². The minimum Gasteiger partial charge on any atom is -0.460 e. The van der Waals surface area contributed by atoms with Gasteiger partial charge >= 0.3 is 14.8 Å². The molecule has 0 radical (unpaired) electrons. The molecule has 0 heterocycles. The minimum absolute atomic E-state index is 0.0565. The number of carbonyl (C=O) groups is 2. The van der Waals surface area contributed by atoms with Gasteiger partial charge in [-0.15, -0.1) is 0 Å². The molecule has 0 aromatic rings. The van der Waals surface area contributed by atoms with Gasteiger partial charge in [0.05, 0.1) is 6.42 Å². The van der Waals surface area contributed by atoms with Crippen LogP contribution in [0, 0.1) is 11.8 Å². The Hall–Kier alpha value is -0.413. The second kappa shape index (κ2) is 14.6. The first-order valence-corrected chi connectivity index (χ1v) is 13.7. The summed E-state index contributed by atoms with van der Waals surface area (Å²) in [5.74, 6) is 0.361. The molecule has 0 bridgehead atoms. The quantitative estimate of drug-likeness (QED) is 0.196. The highest BCUT2D eigenvalue weighted by atomic mass is 32.2. The molecule has 0 N–H and O–H groups in total. The van der Waals surface area contributed by atoms with E-state index in [2.05, 4.69) is 13.8 Å². The van der Waals surface area contributed by atoms with Crippen LogP contribution in [-0.4, -0.2) is 51.1 Å². The maximum Gasteiger partial charge on any atom is 0.500 e. The molecule has 0 spiro atoms. The molecule has 6 nitrogen and oxygen atoms in total. The third-order valence-electron chi connectivity index (χ3n) is 3.89. The zero-order chi connectivity index (χ0) is 22.5. The lowest BCUT2D eigenvalue weighted by molar-refractivity contribution is -0.156. The Bertz CT molecular complexity index is 461. The predicted molar refractivity (Wildman–Crippen MR) is 121 cm³/mol. The lowest BCUT2D eigenvalue weighted by atomic mass is 9.95. The number of thioether (sulfide) groups is 1. The van der Waals surface area contributed by atoms with E-state index in [1.165, 1.54) is 11.8 Å². The van der Waals surface area contributed by atoms with Crippen LogP contribution in [-0.2, 0) is 27.6 Å². The number of rotatable bonds is 15. The molecular weight excluding hydrogens is 408 g/mol. The van der Waals surface area contributed by atoms with Crippen molar-refractivity contribution < 1.29 is 27.6 Å². The zero-order valence-electron chi connectivity index (χ0n) is 19.7. The molecule has 1 unspecified atom stereocenters. The van der Waals surface area contributed by atoms with Crippen LogP contribution in [0.2, 0.25) is 6.04 Å². The Morgan fingerprint density at radius 3 is 1.90 bits per heavy atom. The highest BCUT2D eigenvalue weighted by Crippen LogP contribution is 2.26. The average molecular weight is 451 g/mol. The minimum atomic E-state index is -2.67. The van der Waals surface area contributed by atoms with Gasteiger partial charge in [-0.05, 0) is 60.3 Å². The van der Waals surface area contributed by atoms with Crippen LogP contribution < -0.4 is 0 Å². The Balaban J connectivity index is 4.74. The van der Waals surface area contributed by atoms with Crippen molar-refractivity contribution in [3.8, 4) is 0 Å². The second-order valence-electron chi connectivity index (χ2n) is 8.37. The van der Waals surface area contributed by atoms with Gasteiger partial charge in [0, 0.05) is 37.5 Å². The maximum atomic E-state index is 12.8. The smallest absolute Gasteiger partial charge is 0.460 e. The van der Waals surface area contributed by atoms with E-state index in [0.717, 1.165) is 6.42 Å². The Kier molecular flexibility index (Phi) is 14.4. The molecule has 0 aliphatic heterocycles. The van der Waals surface area contributed by atoms with E-state index < -0.39 is 14.4 Å². The third-order valence-corrected chi connectivity index (χ3v) is 8.15. The molecule has 0 aliphatic rings. The van der Waals surface area contributed by atoms with Crippen molar-refractivity contribution in [3.05, 3.63) is 0 Å². The molecule has 0 amide bonds. The van der Waals surface area contributed by atoms with Gasteiger partial charge in [0.25, 0.3) is 0 Å². The maximum absolute atomic E-state index is 12.8. The SMILES string of the molecule is CCO[Si](CCCSC(=O)C(CC(=O)OC(C)(C)C)CC(C)C)(OCC)OCC. The van der Waals surface area contributed by atoms with Crippen molar-refractivity contribution in [1.82, 2.24) is 0 Å². The highest BCUT2D eigenvalue weighted by molar-refractivity contribution is 8.13. The topological polar surface area (TPSA) is 71.1 Å². The summed E-state index contributed by atoms with van der Waals surface area (Å²) in [4.78, 5) is 25.0. The van der Waals surface area contributed by atoms with E-state index in [-0.39, 0.29) is 23.4 Å². The number of hydrogen-bond donors (Lipinski definition) is 0. The molecule has 0 fully saturated rings. The highest BCUT2D eigenvalue weighted by Gasteiger charge is 2.39. The first-order chi connectivity index (χ1) is 13.5. The van der Waals surface area contributed by atoms with Gasteiger partial charge in [-0.1, -0.05) is 25.6 Å². The average Bonchev–Trinajstić information content (AvgIpc) is 2.56. The van der Waals surface area contributed by atoms with Gasteiger partial charge in [0.1, 0.15) is 5.60 Å². The molecule has 0 rings (SSSR count). The summed E-state index contributed by atoms with van der Waals surface area (Å²) < 4.78 is 23.0. The molecule has 0 aromatic carbocycles. The molecule has 8 heteroatoms. The van der Waals surface area contributed by atoms with Gasteiger partial charge in [-0.25, -0.2) is 0 Å². The summed E-state index contributed by atoms with van der Waals surface area (Å²) in [6.07, 6.45) is 1.58. The predicted octanol–water partition coefficient (Wildman–Crippen LogP) is 5.08. The van der Waals surface area contributed by atoms with E-state index in [0.29, 0.717) is 44.0 Å². The summed E-state index contributed by atoms with van der Waals surface area (Å²) in [5.41, 5.74) is -0.540. The van der Waals surface area contributed by atoms with E-state index in [1.54, 1.807) is 0 Å². The number of hydrogen-bond acceptors (Lipinski definition) is 7. The van der Waals surface area contributed by atoms with Crippen LogP contribution in [0.4, 0.5) is 0 Å². The van der Waals surface area contributed by atoms with Gasteiger partial charge in [0.15, 0.2) is 5.12 Å². The lowest BCUT2D eigenvalue weighted by Gasteiger charge is -2.28. The third kappa shape index (κ3) is 13.5. The Morgan fingerprint density at radius 1 is 0.966 bits per heavy atom. The van der Waals surface area contributed by atoms with E-state index in [9.17, 15) is 9.59 Å². The largest absolute Gasteiger partial charge is 0.500 e. The standard InChI is InChI=1S/C21H42O6SSi/c1-9-24-29(25-10-2,26-11-3)14-12-13-28-20(23)18(15-17(4)5)16-19(22)27-21(6,7)8/h17-18H,9-16H2,1-8H3. The zero-order valence-corrected chi connectivity index (χ0v) is 21.5. The molecular formula is C21H42O6SSi. The van der Waals surface area contributed by atoms with Gasteiger partial charge in [-0.3, -0.25) is 9.59 Å². The van der Waals surface area contributed by atoms with Crippen LogP contribution in [0.5, 0.6) is 0 Å². The Morgan fingerprint density at radius 2 is 1.48 bits per heavy atom. The van der Waals surface area contributed by atoms with Crippen molar-refractivity contribution in [2.24, 2.45) is 11.8 Å². The summed E-state index contributed by atoms with van der Waals surface area (Å²) in [6, 6.07) is 0.684. The molecule has 0 aromatic heterocycles. The van der Waals surface area contributed by atoms with Gasteiger partial charge in [0.2, 0.25) is 0 Å². The molecule has 0 aliphatic carbocycles. The van der Waals surface area contributed by atoms with Crippen LogP contribution in [0.15, 0.2) is 0 Å². The van der Waals surface area contributed by atoms with Crippen LogP contribution >= 0.6 is 11.8 Å². The van der Waals surface area contributed by atoms with Crippen LogP contribution in [0.25, 0.3) is 0 Å². The molecule has 0 saturated carbocycles. The summed E-state index contributed by atoms with van der Waals surface area (Å²) in [6.45, 7) is 17.1. The van der Waals surface area contributed by atoms with E-state index >= 15 is 0 Å². The second-order valence-corrected chi connectivity index (χ2v) is 12.2. The number of esters is 1. The molecule has 172 valence electrons. The lowest BCUT2D eigenvalue weighted by Crippen LogP contribution is -2.46. The van der Waals surface area contributed by atoms with Crippen molar-refractivity contribution in [2.45, 2.75) is 86.3 Å². The van der Waals surface area contributed by atoms with Gasteiger partial charge in [-0.2, -0.15) is 0 Å². The monoisotopic (exact) mass is 450 g/mol. The first kappa shape index (κ1) is 28.6. The van der Waals surface area contributed by atoms with E-state index in [1.807, 2.05) is 41.5 Å². The fourth-order valence-electron chi connectivity index (χ4n) is 3.00. The van der Waals surface area contributed by atoms with Crippen molar-refractivity contribution >= 4 is 31.7 Å². The van der Waals surface area contributed by atoms with E-state index in [4.69, 9.17) is 18.0 Å². The fourth-order valence-corrected chi connectivity index (χ4v) is 6.77. The molecule has 29 heavy (non-hydrogen) atoms. The number of carbonyl (C=O) groups excluding carboxylic acids is 2. The first-order valence-electron chi connectivity index (χ1n) is 10.8. The molecule has 1 atom stereocenters. The normalized spacial score (nSPS) is 13.6. The van der Waals surface area contributed by atoms with Crippen LogP contribution in [0.3, 0.4) is 0 Å². The van der Waals surface area contributed by atoms with Crippen molar-refractivity contribution in [1.29, 1.82) is 0 Å². The molecule has 0 saturated heterocycles. The van der Waals surface area contributed by atoms with Gasteiger partial charge < -0.3 is 18.0 Å². The summed E-state index contributed by atoms with van der Waals surface area (Å²) >= 11 is 1.29. The van der Waals surface area contributed by atoms with Crippen LogP contribution in [0.1, 0.15) is 74.7 Å².